The van der Waals surface area contributed by atoms with Crippen molar-refractivity contribution in [2.24, 2.45) is 0 Å². The van der Waals surface area contributed by atoms with Crippen LogP contribution < -0.4 is 0 Å². The molecule has 0 aromatic rings. The maximum atomic E-state index is 8.60. The molecule has 0 aromatic heterocycles. The first-order valence-electron chi connectivity index (χ1n) is 3.18. The summed E-state index contributed by atoms with van der Waals surface area (Å²) in [6.45, 7) is 0.115. The van der Waals surface area contributed by atoms with Gasteiger partial charge in [-0.25, -0.2) is 0 Å². The molecule has 0 aromatic carbocycles. The van der Waals surface area contributed by atoms with E-state index in [9.17, 15) is 0 Å². The van der Waals surface area contributed by atoms with Crippen LogP contribution >= 0.6 is 0 Å². The standard InChI is InChI=1S/C5H9B2O2/c6-7-5-2-1-4(3-8)9-5/h4-5,8H,1-3H2/t4-,5+/m0/s1. The summed E-state index contributed by atoms with van der Waals surface area (Å²) in [6, 6.07) is 0.0714. The molecule has 2 atom stereocenters. The van der Waals surface area contributed by atoms with E-state index in [1.807, 2.05) is 0 Å². The minimum absolute atomic E-state index is 0.0230. The topological polar surface area (TPSA) is 29.5 Å². The molecule has 3 radical (unpaired) electrons. The van der Waals surface area contributed by atoms with Crippen LogP contribution in [0.2, 0.25) is 0 Å². The molecular weight excluding hydrogens is 114 g/mol. The van der Waals surface area contributed by atoms with Gasteiger partial charge in [-0.15, -0.1) is 0 Å². The highest BCUT2D eigenvalue weighted by atomic mass is 16.5. The average Bonchev–Trinajstić information content (AvgIpc) is 2.34. The van der Waals surface area contributed by atoms with Crippen molar-refractivity contribution in [3.63, 3.8) is 0 Å². The first kappa shape index (κ1) is 7.16. The summed E-state index contributed by atoms with van der Waals surface area (Å²) < 4.78 is 5.23. The van der Waals surface area contributed by atoms with Crippen molar-refractivity contribution in [3.05, 3.63) is 0 Å². The SMILES string of the molecule is [B][B][C@H]1CC[C@@H](CO)O1. The summed E-state index contributed by atoms with van der Waals surface area (Å²) >= 11 is 0. The third-order valence-electron chi connectivity index (χ3n) is 1.56. The highest BCUT2D eigenvalue weighted by molar-refractivity contribution is 6.90. The quantitative estimate of drug-likeness (QED) is 0.490. The van der Waals surface area contributed by atoms with Crippen LogP contribution in [-0.2, 0) is 4.74 Å². The first-order chi connectivity index (χ1) is 4.36. The van der Waals surface area contributed by atoms with Gasteiger partial charge in [-0.1, -0.05) is 0 Å². The maximum Gasteiger partial charge on any atom is 0.0941 e. The number of hydrogen-bond acceptors (Lipinski definition) is 2. The van der Waals surface area contributed by atoms with Gasteiger partial charge in [-0.2, -0.15) is 0 Å². The largest absolute Gasteiger partial charge is 0.394 e. The Labute approximate surface area is 57.2 Å². The van der Waals surface area contributed by atoms with Crippen molar-refractivity contribution < 1.29 is 9.84 Å². The van der Waals surface area contributed by atoms with Gasteiger partial charge in [0, 0.05) is 13.7 Å². The summed E-state index contributed by atoms with van der Waals surface area (Å²) in [5, 5.41) is 8.60. The van der Waals surface area contributed by atoms with Crippen LogP contribution in [0.25, 0.3) is 0 Å². The zero-order chi connectivity index (χ0) is 6.69. The lowest BCUT2D eigenvalue weighted by Crippen LogP contribution is -2.19. The fraction of sp³-hybridized carbons (Fsp3) is 1.00. The second kappa shape index (κ2) is 3.28. The van der Waals surface area contributed by atoms with Crippen LogP contribution in [0.4, 0.5) is 0 Å². The van der Waals surface area contributed by atoms with Crippen molar-refractivity contribution in [3.8, 4) is 0 Å². The van der Waals surface area contributed by atoms with E-state index in [2.05, 4.69) is 0 Å². The Morgan fingerprint density at radius 3 is 2.78 bits per heavy atom. The predicted octanol–water partition coefficient (Wildman–Crippen LogP) is -0.729. The Kier molecular flexibility index (Phi) is 2.61. The molecule has 1 aliphatic rings. The Hall–Kier alpha value is 0.0499. The molecule has 4 heteroatoms. The van der Waals surface area contributed by atoms with Crippen LogP contribution in [-0.4, -0.2) is 38.7 Å². The van der Waals surface area contributed by atoms with Crippen LogP contribution in [0.5, 0.6) is 0 Å². The highest BCUT2D eigenvalue weighted by Gasteiger charge is 2.22. The van der Waals surface area contributed by atoms with E-state index < -0.39 is 0 Å². The maximum absolute atomic E-state index is 8.60. The van der Waals surface area contributed by atoms with E-state index in [-0.39, 0.29) is 18.7 Å². The summed E-state index contributed by atoms with van der Waals surface area (Å²) in [5.41, 5.74) is 0. The van der Waals surface area contributed by atoms with Gasteiger partial charge in [-0.05, 0) is 12.8 Å². The Morgan fingerprint density at radius 1 is 1.67 bits per heavy atom. The molecule has 1 saturated heterocycles. The zero-order valence-corrected chi connectivity index (χ0v) is 5.29. The summed E-state index contributed by atoms with van der Waals surface area (Å²) in [5.74, 6) is 0. The molecule has 1 aliphatic heterocycles. The minimum atomic E-state index is 0.0230. The molecular formula is C5H9B2O2. The number of ether oxygens (including phenoxy) is 1. The van der Waals surface area contributed by atoms with Gasteiger partial charge >= 0.3 is 0 Å². The molecule has 9 heavy (non-hydrogen) atoms. The van der Waals surface area contributed by atoms with E-state index in [1.54, 1.807) is 0 Å². The normalized spacial score (nSPS) is 34.8. The van der Waals surface area contributed by atoms with Gasteiger partial charge in [0.15, 0.2) is 0 Å². The molecule has 0 bridgehead atoms. The lowest BCUT2D eigenvalue weighted by Gasteiger charge is -2.08. The predicted molar refractivity (Wildman–Crippen MR) is 36.5 cm³/mol. The molecule has 0 unspecified atom stereocenters. The van der Waals surface area contributed by atoms with Gasteiger partial charge in [-0.3, -0.25) is 0 Å². The molecule has 0 spiro atoms. The summed E-state index contributed by atoms with van der Waals surface area (Å²) in [4.78, 5) is 0. The number of aliphatic hydroxyl groups excluding tert-OH is 1. The summed E-state index contributed by atoms with van der Waals surface area (Å²) in [6.07, 6.45) is 1.89. The average molecular weight is 123 g/mol. The van der Waals surface area contributed by atoms with E-state index in [1.165, 1.54) is 7.17 Å². The van der Waals surface area contributed by atoms with E-state index in [0.29, 0.717) is 0 Å². The van der Waals surface area contributed by atoms with Crippen LogP contribution in [0.1, 0.15) is 12.8 Å². The van der Waals surface area contributed by atoms with Crippen molar-refractivity contribution in [1.82, 2.24) is 0 Å². The molecule has 2 nitrogen and oxygen atoms in total. The lowest BCUT2D eigenvalue weighted by molar-refractivity contribution is 0.0427. The van der Waals surface area contributed by atoms with Gasteiger partial charge in [0.2, 0.25) is 0 Å². The van der Waals surface area contributed by atoms with E-state index in [4.69, 9.17) is 17.6 Å². The smallest absolute Gasteiger partial charge is 0.0941 e. The highest BCUT2D eigenvalue weighted by Crippen LogP contribution is 2.17. The Bertz CT molecular complexity index is 79.0. The number of rotatable bonds is 2. The van der Waals surface area contributed by atoms with Crippen molar-refractivity contribution >= 4 is 14.9 Å². The molecule has 0 amide bonds. The number of aliphatic hydroxyl groups is 1. The second-order valence-electron chi connectivity index (χ2n) is 2.25. The third-order valence-corrected chi connectivity index (χ3v) is 1.56. The number of hydrogen-bond donors (Lipinski definition) is 1. The second-order valence-corrected chi connectivity index (χ2v) is 2.25. The Balaban J connectivity index is 2.20. The van der Waals surface area contributed by atoms with Gasteiger partial charge in [0.1, 0.15) is 0 Å². The van der Waals surface area contributed by atoms with Gasteiger partial charge in [0.25, 0.3) is 0 Å². The third kappa shape index (κ3) is 1.73. The van der Waals surface area contributed by atoms with Crippen LogP contribution in [0.15, 0.2) is 0 Å². The molecule has 0 saturated carbocycles. The molecule has 1 heterocycles. The lowest BCUT2D eigenvalue weighted by atomic mass is 9.51. The minimum Gasteiger partial charge on any atom is -0.394 e. The molecule has 1 N–H and O–H groups in total. The summed E-state index contributed by atoms with van der Waals surface area (Å²) in [7, 11) is 6.76. The fourth-order valence-electron chi connectivity index (χ4n) is 1.01. The van der Waals surface area contributed by atoms with E-state index in [0.717, 1.165) is 12.8 Å². The van der Waals surface area contributed by atoms with E-state index >= 15 is 0 Å². The Morgan fingerprint density at radius 2 is 2.44 bits per heavy atom. The van der Waals surface area contributed by atoms with Crippen molar-refractivity contribution in [1.29, 1.82) is 0 Å². The van der Waals surface area contributed by atoms with Crippen LogP contribution in [0.3, 0.4) is 0 Å². The first-order valence-corrected chi connectivity index (χ1v) is 3.18. The molecule has 0 aliphatic carbocycles. The van der Waals surface area contributed by atoms with Gasteiger partial charge < -0.3 is 9.84 Å². The fourth-order valence-corrected chi connectivity index (χ4v) is 1.01. The van der Waals surface area contributed by atoms with Crippen molar-refractivity contribution in [2.45, 2.75) is 24.9 Å². The molecule has 1 rings (SSSR count). The van der Waals surface area contributed by atoms with Crippen molar-refractivity contribution in [2.75, 3.05) is 6.61 Å². The van der Waals surface area contributed by atoms with Crippen LogP contribution in [0, 0.1) is 0 Å². The monoisotopic (exact) mass is 123 g/mol. The zero-order valence-electron chi connectivity index (χ0n) is 5.29. The van der Waals surface area contributed by atoms with Gasteiger partial charge in [0.05, 0.1) is 19.9 Å². The molecule has 47 valence electrons. The molecule has 1 fully saturated rings.